The Morgan fingerprint density at radius 2 is 1.83 bits per heavy atom. The van der Waals surface area contributed by atoms with Gasteiger partial charge in [0, 0.05) is 0 Å². The van der Waals surface area contributed by atoms with E-state index in [9.17, 15) is 19.7 Å². The van der Waals surface area contributed by atoms with Gasteiger partial charge in [0.15, 0.2) is 5.78 Å². The smallest absolute Gasteiger partial charge is 0.290 e. The molecule has 0 aromatic rings. The van der Waals surface area contributed by atoms with Gasteiger partial charge in [-0.05, 0) is 12.2 Å². The van der Waals surface area contributed by atoms with Gasteiger partial charge in [0.05, 0.1) is 11.0 Å². The monoisotopic (exact) mass is 189 g/mol. The predicted molar refractivity (Wildman–Crippen MR) is 41.5 cm³/mol. The van der Waals surface area contributed by atoms with Crippen LogP contribution in [-0.4, -0.2) is 16.5 Å². The van der Waals surface area contributed by atoms with E-state index in [0.717, 1.165) is 12.2 Å². The Balaban J connectivity index is 0.00000121. The van der Waals surface area contributed by atoms with Crippen LogP contribution in [0.15, 0.2) is 23.9 Å². The van der Waals surface area contributed by atoms with Crippen LogP contribution in [0.3, 0.4) is 0 Å². The number of nitrogens with zero attached hydrogens (tertiary/aromatic N) is 1. The first-order valence-corrected chi connectivity index (χ1v) is 2.74. The Labute approximate surface area is 73.3 Å². The summed E-state index contributed by atoms with van der Waals surface area (Å²) in [6.07, 6.45) is 2.60. The third-order valence-electron chi connectivity index (χ3n) is 1.13. The van der Waals surface area contributed by atoms with E-state index in [-0.39, 0.29) is 12.4 Å². The highest BCUT2D eigenvalue weighted by molar-refractivity contribution is 6.16. The van der Waals surface area contributed by atoms with Crippen molar-refractivity contribution in [3.05, 3.63) is 34.0 Å². The second-order valence-electron chi connectivity index (χ2n) is 1.89. The van der Waals surface area contributed by atoms with Crippen molar-refractivity contribution in [3.63, 3.8) is 0 Å². The zero-order chi connectivity index (χ0) is 8.43. The third-order valence-corrected chi connectivity index (χ3v) is 1.13. The van der Waals surface area contributed by atoms with E-state index < -0.39 is 22.2 Å². The van der Waals surface area contributed by atoms with Gasteiger partial charge in [-0.3, -0.25) is 19.7 Å². The molecule has 6 heteroatoms. The number of hydrogen-bond donors (Lipinski definition) is 0. The zero-order valence-electron chi connectivity index (χ0n) is 5.72. The van der Waals surface area contributed by atoms with Crippen molar-refractivity contribution in [3.8, 4) is 0 Å². The van der Waals surface area contributed by atoms with Gasteiger partial charge in [0.2, 0.25) is 0 Å². The second kappa shape index (κ2) is 3.77. The summed E-state index contributed by atoms with van der Waals surface area (Å²) in [7, 11) is 0. The minimum Gasteiger partial charge on any atom is -0.290 e. The lowest BCUT2D eigenvalue weighted by molar-refractivity contribution is -0.418. The number of nitro groups is 1. The molecule has 0 saturated carbocycles. The van der Waals surface area contributed by atoms with Gasteiger partial charge in [-0.1, -0.05) is 0 Å². The van der Waals surface area contributed by atoms with Crippen LogP contribution in [0.4, 0.5) is 0 Å². The standard InChI is InChI=1S/C6H3NO4.ClH/c8-4-1-2-6(9)5(3-4)7(10)11;/h1-3H;1H. The molecule has 0 saturated heterocycles. The number of carbonyl (C=O) groups excluding carboxylic acids is 2. The molecule has 0 unspecified atom stereocenters. The molecule has 0 amide bonds. The summed E-state index contributed by atoms with van der Waals surface area (Å²) < 4.78 is 0. The molecule has 0 atom stereocenters. The lowest BCUT2D eigenvalue weighted by Crippen LogP contribution is -2.14. The highest BCUT2D eigenvalue weighted by Crippen LogP contribution is 2.04. The molecule has 0 radical (unpaired) electrons. The van der Waals surface area contributed by atoms with E-state index in [4.69, 9.17) is 0 Å². The summed E-state index contributed by atoms with van der Waals surface area (Å²) in [5, 5.41) is 10.0. The Kier molecular flexibility index (Phi) is 3.30. The van der Waals surface area contributed by atoms with Crippen molar-refractivity contribution in [1.82, 2.24) is 0 Å². The van der Waals surface area contributed by atoms with Crippen molar-refractivity contribution in [2.45, 2.75) is 0 Å². The van der Waals surface area contributed by atoms with Gasteiger partial charge in [0.1, 0.15) is 0 Å². The fourth-order valence-corrected chi connectivity index (χ4v) is 0.640. The van der Waals surface area contributed by atoms with E-state index in [0.29, 0.717) is 6.08 Å². The quantitative estimate of drug-likeness (QED) is 0.337. The van der Waals surface area contributed by atoms with Crippen LogP contribution in [-0.2, 0) is 9.59 Å². The minimum absolute atomic E-state index is 0. The summed E-state index contributed by atoms with van der Waals surface area (Å²) in [5.41, 5.74) is -0.669. The molecule has 0 aromatic heterocycles. The molecule has 1 aliphatic carbocycles. The summed E-state index contributed by atoms with van der Waals surface area (Å²) in [6, 6.07) is 0. The second-order valence-corrected chi connectivity index (χ2v) is 1.89. The van der Waals surface area contributed by atoms with Gasteiger partial charge in [-0.15, -0.1) is 12.4 Å². The summed E-state index contributed by atoms with van der Waals surface area (Å²) in [6.45, 7) is 0. The molecule has 12 heavy (non-hydrogen) atoms. The van der Waals surface area contributed by atoms with Gasteiger partial charge in [-0.25, -0.2) is 0 Å². The van der Waals surface area contributed by atoms with Crippen LogP contribution in [0.25, 0.3) is 0 Å². The highest BCUT2D eigenvalue weighted by Gasteiger charge is 2.23. The number of hydrogen-bond acceptors (Lipinski definition) is 4. The molecule has 64 valence electrons. The highest BCUT2D eigenvalue weighted by atomic mass is 35.5. The van der Waals surface area contributed by atoms with Gasteiger partial charge < -0.3 is 0 Å². The maximum Gasteiger partial charge on any atom is 0.320 e. The number of rotatable bonds is 1. The lowest BCUT2D eigenvalue weighted by Gasteiger charge is -1.95. The zero-order valence-corrected chi connectivity index (χ0v) is 6.54. The number of ketones is 2. The van der Waals surface area contributed by atoms with Crippen LogP contribution >= 0.6 is 12.4 Å². The molecule has 0 aliphatic heterocycles. The van der Waals surface area contributed by atoms with E-state index in [1.807, 2.05) is 0 Å². The molecule has 0 heterocycles. The average molecular weight is 190 g/mol. The molecule has 0 aromatic carbocycles. The third kappa shape index (κ3) is 2.00. The van der Waals surface area contributed by atoms with E-state index in [2.05, 4.69) is 0 Å². The van der Waals surface area contributed by atoms with Gasteiger partial charge in [0.25, 0.3) is 5.78 Å². The lowest BCUT2D eigenvalue weighted by atomic mass is 10.1. The summed E-state index contributed by atoms with van der Waals surface area (Å²) in [5.74, 6) is -1.27. The molecule has 0 spiro atoms. The topological polar surface area (TPSA) is 77.3 Å². The number of halogens is 1. The van der Waals surface area contributed by atoms with Crippen molar-refractivity contribution in [2.75, 3.05) is 0 Å². The first-order chi connectivity index (χ1) is 5.11. The Hall–Kier alpha value is -1.49. The van der Waals surface area contributed by atoms with Gasteiger partial charge >= 0.3 is 5.70 Å². The van der Waals surface area contributed by atoms with E-state index in [1.165, 1.54) is 0 Å². The SMILES string of the molecule is Cl.O=C1C=CC(=O)C([N+](=O)[O-])=C1. The van der Waals surface area contributed by atoms with Crippen LogP contribution in [0.5, 0.6) is 0 Å². The molecular formula is C6H4ClNO4. The summed E-state index contributed by atoms with van der Waals surface area (Å²) >= 11 is 0. The van der Waals surface area contributed by atoms with Gasteiger partial charge in [-0.2, -0.15) is 0 Å². The first-order valence-electron chi connectivity index (χ1n) is 2.74. The Morgan fingerprint density at radius 1 is 1.25 bits per heavy atom. The van der Waals surface area contributed by atoms with E-state index in [1.54, 1.807) is 0 Å². The van der Waals surface area contributed by atoms with Crippen molar-refractivity contribution in [2.24, 2.45) is 0 Å². The largest absolute Gasteiger partial charge is 0.320 e. The molecule has 0 bridgehead atoms. The van der Waals surface area contributed by atoms with E-state index >= 15 is 0 Å². The molecular weight excluding hydrogens is 186 g/mol. The predicted octanol–water partition coefficient (Wildman–Crippen LogP) is 0.277. The number of carbonyl (C=O) groups is 2. The van der Waals surface area contributed by atoms with Crippen LogP contribution < -0.4 is 0 Å². The van der Waals surface area contributed by atoms with Crippen LogP contribution in [0, 0.1) is 10.1 Å². The van der Waals surface area contributed by atoms with Crippen LogP contribution in [0.1, 0.15) is 0 Å². The molecule has 1 rings (SSSR count). The molecule has 5 nitrogen and oxygen atoms in total. The maximum absolute atomic E-state index is 10.6. The van der Waals surface area contributed by atoms with Crippen molar-refractivity contribution < 1.29 is 14.5 Å². The fraction of sp³-hybridized carbons (Fsp3) is 0. The maximum atomic E-state index is 10.6. The summed E-state index contributed by atoms with van der Waals surface area (Å²) in [4.78, 5) is 30.3. The van der Waals surface area contributed by atoms with Crippen molar-refractivity contribution >= 4 is 24.0 Å². The van der Waals surface area contributed by atoms with Crippen molar-refractivity contribution in [1.29, 1.82) is 0 Å². The fourth-order valence-electron chi connectivity index (χ4n) is 0.640. The number of allylic oxidation sites excluding steroid dienone is 3. The average Bonchev–Trinajstić information content (AvgIpc) is 1.94. The minimum atomic E-state index is -0.871. The molecule has 0 fully saturated rings. The Bertz CT molecular complexity index is 305. The molecule has 0 N–H and O–H groups in total. The van der Waals surface area contributed by atoms with Crippen LogP contribution in [0.2, 0.25) is 0 Å². The molecule has 1 aliphatic rings. The normalized spacial score (nSPS) is 15.2. The first kappa shape index (κ1) is 10.5. The Morgan fingerprint density at radius 3 is 2.25 bits per heavy atom.